The Morgan fingerprint density at radius 3 is 2.62 bits per heavy atom. The summed E-state index contributed by atoms with van der Waals surface area (Å²) in [6.07, 6.45) is 1.73. The minimum atomic E-state index is -1.28. The molecule has 0 fully saturated rings. The number of amides is 1. The van der Waals surface area contributed by atoms with Crippen LogP contribution in [0.3, 0.4) is 0 Å². The van der Waals surface area contributed by atoms with E-state index in [4.69, 9.17) is 19.2 Å². The lowest BCUT2D eigenvalue weighted by atomic mass is 9.80. The second kappa shape index (κ2) is 11.8. The molecule has 4 aromatic carbocycles. The summed E-state index contributed by atoms with van der Waals surface area (Å²) in [7, 11) is 1.51. The summed E-state index contributed by atoms with van der Waals surface area (Å²) in [6, 6.07) is 22.6. The number of carbonyl (C=O) groups excluding carboxylic acids is 1. The van der Waals surface area contributed by atoms with Crippen LogP contribution in [0.5, 0.6) is 17.2 Å². The number of nitrogens with zero attached hydrogens (tertiary/aromatic N) is 2. The SMILES string of the molecule is COc1ccc(/C=c2/sc3n(c2=O)[C@@H]2c4ccccc4O[C@](C)(N=3)[C@@H]2C(=O)Nc2ccccc2C)cc1COc1ccc(F)cc1F. The van der Waals surface area contributed by atoms with E-state index >= 15 is 0 Å². The van der Waals surface area contributed by atoms with E-state index in [1.165, 1.54) is 24.5 Å². The number of ether oxygens (including phenoxy) is 3. The third-order valence-electron chi connectivity index (χ3n) is 8.44. The summed E-state index contributed by atoms with van der Waals surface area (Å²) in [5.41, 5.74) is 1.98. The zero-order valence-electron chi connectivity index (χ0n) is 25.6. The molecule has 0 unspecified atom stereocenters. The lowest BCUT2D eigenvalue weighted by Gasteiger charge is -2.45. The van der Waals surface area contributed by atoms with Gasteiger partial charge in [0.05, 0.1) is 17.7 Å². The molecule has 5 aromatic rings. The predicted octanol–water partition coefficient (Wildman–Crippen LogP) is 5.50. The van der Waals surface area contributed by atoms with Crippen molar-refractivity contribution in [2.45, 2.75) is 32.2 Å². The number of methoxy groups -OCH3 is 1. The average Bonchev–Trinajstić information content (AvgIpc) is 3.34. The molecule has 47 heavy (non-hydrogen) atoms. The highest BCUT2D eigenvalue weighted by Crippen LogP contribution is 2.47. The maximum atomic E-state index is 14.2. The molecule has 2 aliphatic rings. The Morgan fingerprint density at radius 2 is 1.83 bits per heavy atom. The van der Waals surface area contributed by atoms with Crippen molar-refractivity contribution < 1.29 is 27.8 Å². The summed E-state index contributed by atoms with van der Waals surface area (Å²) < 4.78 is 47.1. The standard InChI is InChI=1S/C36H29F2N3O5S/c1-20-8-4-6-10-26(20)39-33(42)31-32-24-9-5-7-11-28(24)46-36(31,2)40-35-41(32)34(43)30(47-35)17-21-12-14-27(44-3)22(16-21)19-45-29-15-13-23(37)18-25(29)38/h4-18,31-32H,19H2,1-3H3,(H,39,42)/b30-17+/t31-,32+,36-/m0/s1. The Balaban J connectivity index is 1.29. The average molecular weight is 654 g/mol. The molecule has 2 aliphatic heterocycles. The summed E-state index contributed by atoms with van der Waals surface area (Å²) in [4.78, 5) is 33.5. The molecule has 1 N–H and O–H groups in total. The van der Waals surface area contributed by atoms with E-state index in [1.807, 2.05) is 55.5 Å². The first-order valence-electron chi connectivity index (χ1n) is 14.9. The highest BCUT2D eigenvalue weighted by atomic mass is 32.1. The first kappa shape index (κ1) is 30.4. The van der Waals surface area contributed by atoms with Gasteiger partial charge in [-0.15, -0.1) is 0 Å². The number of aryl methyl sites for hydroxylation is 1. The smallest absolute Gasteiger partial charge is 0.270 e. The molecule has 0 aliphatic carbocycles. The number of anilines is 1. The van der Waals surface area contributed by atoms with Crippen molar-refractivity contribution in [1.29, 1.82) is 0 Å². The third-order valence-corrected chi connectivity index (χ3v) is 9.43. The molecule has 2 bridgehead atoms. The second-order valence-electron chi connectivity index (χ2n) is 11.5. The summed E-state index contributed by atoms with van der Waals surface area (Å²) in [6.45, 7) is 3.63. The maximum absolute atomic E-state index is 14.2. The number of hydrogen-bond acceptors (Lipinski definition) is 7. The van der Waals surface area contributed by atoms with Crippen LogP contribution in [0.4, 0.5) is 14.5 Å². The van der Waals surface area contributed by atoms with Crippen LogP contribution in [-0.4, -0.2) is 23.3 Å². The van der Waals surface area contributed by atoms with Gasteiger partial charge in [-0.05, 0) is 67.4 Å². The molecular formula is C36H29F2N3O5S. The van der Waals surface area contributed by atoms with Crippen molar-refractivity contribution in [2.75, 3.05) is 12.4 Å². The molecule has 3 heterocycles. The number of thiazole rings is 1. The fourth-order valence-corrected chi connectivity index (χ4v) is 7.27. The predicted molar refractivity (Wildman–Crippen MR) is 174 cm³/mol. The Kier molecular flexibility index (Phi) is 7.63. The molecular weight excluding hydrogens is 624 g/mol. The van der Waals surface area contributed by atoms with Gasteiger partial charge in [0.1, 0.15) is 29.8 Å². The van der Waals surface area contributed by atoms with Gasteiger partial charge in [-0.25, -0.2) is 13.8 Å². The fraction of sp³-hybridized carbons (Fsp3) is 0.194. The van der Waals surface area contributed by atoms with E-state index in [1.54, 1.807) is 35.8 Å². The second-order valence-corrected chi connectivity index (χ2v) is 12.5. The number of carbonyl (C=O) groups is 1. The van der Waals surface area contributed by atoms with Crippen LogP contribution in [-0.2, 0) is 11.4 Å². The number of fused-ring (bicyclic) bond motifs is 6. The zero-order chi connectivity index (χ0) is 32.9. The van der Waals surface area contributed by atoms with Gasteiger partial charge >= 0.3 is 0 Å². The molecule has 7 rings (SSSR count). The zero-order valence-corrected chi connectivity index (χ0v) is 26.4. The van der Waals surface area contributed by atoms with E-state index < -0.39 is 29.3 Å². The number of aromatic nitrogens is 1. The van der Waals surface area contributed by atoms with Gasteiger partial charge < -0.3 is 19.5 Å². The maximum Gasteiger partial charge on any atom is 0.270 e. The summed E-state index contributed by atoms with van der Waals surface area (Å²) >= 11 is 1.21. The lowest BCUT2D eigenvalue weighted by Crippen LogP contribution is -2.59. The van der Waals surface area contributed by atoms with Crippen molar-refractivity contribution in [3.63, 3.8) is 0 Å². The summed E-state index contributed by atoms with van der Waals surface area (Å²) in [5, 5.41) is 3.04. The van der Waals surface area contributed by atoms with Crippen LogP contribution in [0.15, 0.2) is 94.7 Å². The van der Waals surface area contributed by atoms with Gasteiger partial charge in [-0.3, -0.25) is 14.2 Å². The molecule has 1 amide bonds. The number of halogens is 2. The van der Waals surface area contributed by atoms with Crippen molar-refractivity contribution in [2.24, 2.45) is 10.9 Å². The van der Waals surface area contributed by atoms with Crippen LogP contribution in [0, 0.1) is 24.5 Å². The van der Waals surface area contributed by atoms with Crippen LogP contribution < -0.4 is 34.4 Å². The molecule has 8 nitrogen and oxygen atoms in total. The van der Waals surface area contributed by atoms with E-state index in [2.05, 4.69) is 5.32 Å². The van der Waals surface area contributed by atoms with E-state index in [-0.39, 0.29) is 23.8 Å². The Bertz CT molecular complexity index is 2230. The Labute approximate surface area is 272 Å². The van der Waals surface area contributed by atoms with Crippen LogP contribution >= 0.6 is 11.3 Å². The minimum Gasteiger partial charge on any atom is -0.496 e. The Morgan fingerprint density at radius 1 is 1.06 bits per heavy atom. The largest absolute Gasteiger partial charge is 0.496 e. The molecule has 3 atom stereocenters. The number of para-hydroxylation sites is 2. The summed E-state index contributed by atoms with van der Waals surface area (Å²) in [5.74, 6) is -1.71. The fourth-order valence-electron chi connectivity index (χ4n) is 6.17. The van der Waals surface area contributed by atoms with Crippen LogP contribution in [0.2, 0.25) is 0 Å². The van der Waals surface area contributed by atoms with Gasteiger partial charge in [-0.2, -0.15) is 0 Å². The van der Waals surface area contributed by atoms with Gasteiger partial charge in [0.2, 0.25) is 11.6 Å². The topological polar surface area (TPSA) is 91.2 Å². The Hall–Kier alpha value is -5.29. The van der Waals surface area contributed by atoms with E-state index in [0.717, 1.165) is 23.3 Å². The molecule has 1 aromatic heterocycles. The number of hydrogen-bond donors (Lipinski definition) is 1. The van der Waals surface area contributed by atoms with E-state index in [0.29, 0.717) is 37.6 Å². The van der Waals surface area contributed by atoms with Crippen molar-refractivity contribution in [3.05, 3.63) is 139 Å². The molecule has 0 saturated heterocycles. The van der Waals surface area contributed by atoms with E-state index in [9.17, 15) is 18.4 Å². The van der Waals surface area contributed by atoms with Crippen LogP contribution in [0.1, 0.15) is 35.2 Å². The first-order chi connectivity index (χ1) is 22.6. The van der Waals surface area contributed by atoms with Crippen molar-refractivity contribution >= 4 is 29.0 Å². The van der Waals surface area contributed by atoms with Crippen molar-refractivity contribution in [1.82, 2.24) is 4.57 Å². The highest BCUT2D eigenvalue weighted by molar-refractivity contribution is 7.07. The van der Waals surface area contributed by atoms with Crippen LogP contribution in [0.25, 0.3) is 6.08 Å². The lowest BCUT2D eigenvalue weighted by molar-refractivity contribution is -0.131. The molecule has 0 radical (unpaired) electrons. The van der Waals surface area contributed by atoms with Crippen molar-refractivity contribution in [3.8, 4) is 17.2 Å². The highest BCUT2D eigenvalue weighted by Gasteiger charge is 2.55. The normalized spacial score (nSPS) is 19.6. The first-order valence-corrected chi connectivity index (χ1v) is 15.7. The molecule has 0 saturated carbocycles. The van der Waals surface area contributed by atoms with Gasteiger partial charge in [0, 0.05) is 22.9 Å². The molecule has 0 spiro atoms. The molecule has 11 heteroatoms. The number of rotatable bonds is 7. The number of benzene rings is 4. The molecule has 238 valence electrons. The monoisotopic (exact) mass is 653 g/mol. The minimum absolute atomic E-state index is 0.0606. The van der Waals surface area contributed by atoms with Gasteiger partial charge in [0.15, 0.2) is 16.4 Å². The third kappa shape index (κ3) is 5.46. The number of nitrogens with one attached hydrogen (secondary N) is 1. The van der Waals surface area contributed by atoms with Gasteiger partial charge in [-0.1, -0.05) is 53.8 Å². The van der Waals surface area contributed by atoms with Gasteiger partial charge in [0.25, 0.3) is 5.56 Å². The quantitative estimate of drug-likeness (QED) is 0.251.